The molecule has 0 saturated carbocycles. The summed E-state index contributed by atoms with van der Waals surface area (Å²) in [6.45, 7) is 0. The van der Waals surface area contributed by atoms with Crippen LogP contribution in [0.15, 0.2) is 53.6 Å². The van der Waals surface area contributed by atoms with E-state index in [4.69, 9.17) is 23.2 Å². The Morgan fingerprint density at radius 3 is 2.70 bits per heavy atom. The minimum Gasteiger partial charge on any atom is -0.298 e. The average Bonchev–Trinajstić information content (AvgIpc) is 3.04. The largest absolute Gasteiger partial charge is 0.298 e. The molecule has 0 atom stereocenters. The third kappa shape index (κ3) is 5.07. The van der Waals surface area contributed by atoms with Gasteiger partial charge in [-0.3, -0.25) is 10.1 Å². The summed E-state index contributed by atoms with van der Waals surface area (Å²) in [5.74, 6) is -0.429. The smallest absolute Gasteiger partial charge is 0.257 e. The van der Waals surface area contributed by atoms with Crippen molar-refractivity contribution in [2.24, 2.45) is 0 Å². The van der Waals surface area contributed by atoms with Crippen LogP contribution in [-0.4, -0.2) is 25.6 Å². The molecular formula is C18H14Cl2N2O3S2. The lowest BCUT2D eigenvalue weighted by Crippen LogP contribution is -2.12. The Bertz CT molecular complexity index is 1110. The fraction of sp³-hybridized carbons (Fsp3) is 0.111. The normalized spacial score (nSPS) is 11.4. The number of hydrogen-bond acceptors (Lipinski definition) is 5. The van der Waals surface area contributed by atoms with E-state index >= 15 is 0 Å². The first-order valence-corrected chi connectivity index (χ1v) is 11.2. The molecule has 27 heavy (non-hydrogen) atoms. The van der Waals surface area contributed by atoms with Crippen LogP contribution in [0.25, 0.3) is 0 Å². The molecule has 5 nitrogen and oxygen atoms in total. The van der Waals surface area contributed by atoms with Crippen LogP contribution in [0.3, 0.4) is 0 Å². The van der Waals surface area contributed by atoms with Gasteiger partial charge in [-0.05, 0) is 42.0 Å². The molecule has 0 unspecified atom stereocenters. The first-order valence-electron chi connectivity index (χ1n) is 7.72. The van der Waals surface area contributed by atoms with Gasteiger partial charge in [0.1, 0.15) is 0 Å². The number of nitrogens with zero attached hydrogens (tertiary/aromatic N) is 1. The van der Waals surface area contributed by atoms with E-state index in [1.165, 1.54) is 29.5 Å². The summed E-state index contributed by atoms with van der Waals surface area (Å²) in [4.78, 5) is 17.6. The number of hydrogen-bond donors (Lipinski definition) is 1. The van der Waals surface area contributed by atoms with E-state index in [1.54, 1.807) is 30.5 Å². The summed E-state index contributed by atoms with van der Waals surface area (Å²) < 4.78 is 23.3. The Balaban J connectivity index is 1.74. The van der Waals surface area contributed by atoms with E-state index < -0.39 is 15.7 Å². The van der Waals surface area contributed by atoms with Gasteiger partial charge in [0.25, 0.3) is 5.91 Å². The van der Waals surface area contributed by atoms with E-state index in [0.29, 0.717) is 21.6 Å². The van der Waals surface area contributed by atoms with Crippen LogP contribution in [0.5, 0.6) is 0 Å². The first kappa shape index (κ1) is 19.8. The van der Waals surface area contributed by atoms with Crippen LogP contribution in [-0.2, 0) is 16.3 Å². The standard InChI is InChI=1S/C18H14Cl2N2O3S2/c1-27(24,25)15-4-2-3-11(9-15)17(23)22-18-21-10-14(26-18)8-12-7-13(19)5-6-16(12)20/h2-7,9-10H,8H2,1H3,(H,21,22,23). The zero-order valence-electron chi connectivity index (χ0n) is 14.1. The molecule has 0 saturated heterocycles. The van der Waals surface area contributed by atoms with Gasteiger partial charge in [0.05, 0.1) is 4.90 Å². The predicted molar refractivity (Wildman–Crippen MR) is 109 cm³/mol. The average molecular weight is 441 g/mol. The molecule has 1 aromatic heterocycles. The summed E-state index contributed by atoms with van der Waals surface area (Å²) in [7, 11) is -3.39. The molecule has 9 heteroatoms. The maximum absolute atomic E-state index is 12.4. The van der Waals surface area contributed by atoms with Crippen molar-refractivity contribution < 1.29 is 13.2 Å². The predicted octanol–water partition coefficient (Wildman–Crippen LogP) is 4.70. The van der Waals surface area contributed by atoms with Crippen molar-refractivity contribution in [2.75, 3.05) is 11.6 Å². The van der Waals surface area contributed by atoms with Gasteiger partial charge in [0, 0.05) is 39.4 Å². The van der Waals surface area contributed by atoms with Crippen LogP contribution in [0.4, 0.5) is 5.13 Å². The minimum absolute atomic E-state index is 0.0885. The molecule has 140 valence electrons. The second-order valence-corrected chi connectivity index (χ2v) is 9.77. The number of sulfone groups is 1. The van der Waals surface area contributed by atoms with Crippen molar-refractivity contribution >= 4 is 55.4 Å². The fourth-order valence-corrected chi connectivity index (χ4v) is 4.23. The Kier molecular flexibility index (Phi) is 5.86. The Hall–Kier alpha value is -1.93. The molecule has 0 aliphatic carbocycles. The van der Waals surface area contributed by atoms with Crippen molar-refractivity contribution in [3.8, 4) is 0 Å². The van der Waals surface area contributed by atoms with Crippen molar-refractivity contribution in [1.29, 1.82) is 0 Å². The van der Waals surface area contributed by atoms with Gasteiger partial charge < -0.3 is 0 Å². The molecule has 0 fully saturated rings. The second kappa shape index (κ2) is 7.98. The molecule has 1 N–H and O–H groups in total. The van der Waals surface area contributed by atoms with Gasteiger partial charge in [-0.25, -0.2) is 13.4 Å². The lowest BCUT2D eigenvalue weighted by molar-refractivity contribution is 0.102. The van der Waals surface area contributed by atoms with Gasteiger partial charge >= 0.3 is 0 Å². The number of carbonyl (C=O) groups is 1. The topological polar surface area (TPSA) is 76.1 Å². The number of anilines is 1. The molecule has 0 bridgehead atoms. The van der Waals surface area contributed by atoms with Crippen LogP contribution in [0.2, 0.25) is 10.0 Å². The number of thiazole rings is 1. The molecule has 3 rings (SSSR count). The SMILES string of the molecule is CS(=O)(=O)c1cccc(C(=O)Nc2ncc(Cc3cc(Cl)ccc3Cl)s2)c1. The number of amides is 1. The Morgan fingerprint density at radius 2 is 1.96 bits per heavy atom. The van der Waals surface area contributed by atoms with E-state index in [1.807, 2.05) is 0 Å². The quantitative estimate of drug-likeness (QED) is 0.623. The summed E-state index contributed by atoms with van der Waals surface area (Å²) in [6.07, 6.45) is 3.29. The number of benzene rings is 2. The van der Waals surface area contributed by atoms with Gasteiger partial charge in [0.2, 0.25) is 0 Å². The van der Waals surface area contributed by atoms with Gasteiger partial charge in [-0.15, -0.1) is 11.3 Å². The summed E-state index contributed by atoms with van der Waals surface area (Å²) in [6, 6.07) is 11.1. The van der Waals surface area contributed by atoms with Crippen molar-refractivity contribution in [3.05, 3.63) is 74.7 Å². The van der Waals surface area contributed by atoms with Crippen LogP contribution >= 0.6 is 34.5 Å². The van der Waals surface area contributed by atoms with Crippen LogP contribution < -0.4 is 5.32 Å². The maximum atomic E-state index is 12.4. The number of aromatic nitrogens is 1. The van der Waals surface area contributed by atoms with E-state index in [9.17, 15) is 13.2 Å². The minimum atomic E-state index is -3.39. The highest BCUT2D eigenvalue weighted by atomic mass is 35.5. The van der Waals surface area contributed by atoms with E-state index in [0.717, 1.165) is 16.7 Å². The lowest BCUT2D eigenvalue weighted by atomic mass is 10.1. The molecular weight excluding hydrogens is 427 g/mol. The Labute approximate surface area is 170 Å². The van der Waals surface area contributed by atoms with E-state index in [-0.39, 0.29) is 10.5 Å². The zero-order chi connectivity index (χ0) is 19.6. The highest BCUT2D eigenvalue weighted by Crippen LogP contribution is 2.27. The molecule has 3 aromatic rings. The van der Waals surface area contributed by atoms with Crippen molar-refractivity contribution in [3.63, 3.8) is 0 Å². The molecule has 0 spiro atoms. The molecule has 0 aliphatic heterocycles. The number of rotatable bonds is 5. The third-order valence-corrected chi connectivity index (χ3v) is 6.30. The lowest BCUT2D eigenvalue weighted by Gasteiger charge is -2.04. The summed E-state index contributed by atoms with van der Waals surface area (Å²) in [5, 5.41) is 4.30. The zero-order valence-corrected chi connectivity index (χ0v) is 17.2. The van der Waals surface area contributed by atoms with Gasteiger partial charge in [-0.2, -0.15) is 0 Å². The number of carbonyl (C=O) groups excluding carboxylic acids is 1. The third-order valence-electron chi connectivity index (χ3n) is 3.67. The molecule has 0 radical (unpaired) electrons. The Morgan fingerprint density at radius 1 is 1.19 bits per heavy atom. The monoisotopic (exact) mass is 440 g/mol. The number of halogens is 2. The van der Waals surface area contributed by atoms with Crippen LogP contribution in [0.1, 0.15) is 20.8 Å². The second-order valence-electron chi connectivity index (χ2n) is 5.80. The van der Waals surface area contributed by atoms with Crippen molar-refractivity contribution in [2.45, 2.75) is 11.3 Å². The molecule has 2 aromatic carbocycles. The van der Waals surface area contributed by atoms with Gasteiger partial charge in [0.15, 0.2) is 15.0 Å². The fourth-order valence-electron chi connectivity index (χ4n) is 2.35. The number of nitrogens with one attached hydrogen (secondary N) is 1. The maximum Gasteiger partial charge on any atom is 0.257 e. The first-order chi connectivity index (χ1) is 12.7. The highest BCUT2D eigenvalue weighted by molar-refractivity contribution is 7.90. The van der Waals surface area contributed by atoms with Crippen molar-refractivity contribution in [1.82, 2.24) is 4.98 Å². The summed E-state index contributed by atoms with van der Waals surface area (Å²) >= 11 is 13.5. The van der Waals surface area contributed by atoms with Gasteiger partial charge in [-0.1, -0.05) is 29.3 Å². The summed E-state index contributed by atoms with van der Waals surface area (Å²) in [5.41, 5.74) is 1.11. The van der Waals surface area contributed by atoms with E-state index in [2.05, 4.69) is 10.3 Å². The molecule has 0 aliphatic rings. The van der Waals surface area contributed by atoms with Crippen LogP contribution in [0, 0.1) is 0 Å². The highest BCUT2D eigenvalue weighted by Gasteiger charge is 2.14. The molecule has 1 amide bonds. The molecule has 1 heterocycles.